The molecule has 3 aromatic rings. The van der Waals surface area contributed by atoms with E-state index in [1.54, 1.807) is 29.0 Å². The molecule has 0 saturated carbocycles. The molecular weight excluding hydrogens is 439 g/mol. The molecule has 1 aromatic carbocycles. The number of carbonyl (C=O) groups excluding carboxylic acids is 2. The van der Waals surface area contributed by atoms with E-state index in [2.05, 4.69) is 15.0 Å². The number of hydrogen-bond donors (Lipinski definition) is 1. The van der Waals surface area contributed by atoms with E-state index < -0.39 is 6.36 Å². The Morgan fingerprint density at radius 2 is 1.93 bits per heavy atom. The summed E-state index contributed by atoms with van der Waals surface area (Å²) in [6, 6.07) is 9.11. The lowest BCUT2D eigenvalue weighted by Gasteiger charge is -2.19. The van der Waals surface area contributed by atoms with Crippen molar-refractivity contribution < 1.29 is 27.5 Å². The number of anilines is 1. The number of benzene rings is 1. The lowest BCUT2D eigenvalue weighted by atomic mass is 10.2. The number of halogens is 3. The van der Waals surface area contributed by atoms with E-state index in [4.69, 9.17) is 0 Å². The van der Waals surface area contributed by atoms with Gasteiger partial charge in [0, 0.05) is 24.5 Å². The van der Waals surface area contributed by atoms with Gasteiger partial charge in [-0.05, 0) is 17.5 Å². The normalized spacial score (nSPS) is 11.2. The molecule has 0 radical (unpaired) electrons. The Hall–Kier alpha value is -2.92. The van der Waals surface area contributed by atoms with Gasteiger partial charge >= 0.3 is 6.36 Å². The molecule has 0 bridgehead atoms. The summed E-state index contributed by atoms with van der Waals surface area (Å²) in [5, 5.41) is 6.47. The van der Waals surface area contributed by atoms with Crippen molar-refractivity contribution in [3.8, 4) is 5.75 Å². The summed E-state index contributed by atoms with van der Waals surface area (Å²) in [7, 11) is 1.48. The molecule has 2 aromatic heterocycles. The molecule has 2 heterocycles. The summed E-state index contributed by atoms with van der Waals surface area (Å²) in [5.41, 5.74) is 0.686. The second kappa shape index (κ2) is 9.26. The summed E-state index contributed by atoms with van der Waals surface area (Å²) in [6.45, 7) is -0.0583. The van der Waals surface area contributed by atoms with Gasteiger partial charge in [0.2, 0.25) is 5.91 Å². The Kier molecular flexibility index (Phi) is 6.73. The quantitative estimate of drug-likeness (QED) is 0.567. The molecule has 30 heavy (non-hydrogen) atoms. The zero-order valence-corrected chi connectivity index (χ0v) is 17.2. The Balaban J connectivity index is 1.59. The van der Waals surface area contributed by atoms with Crippen LogP contribution < -0.4 is 10.1 Å². The third-order valence-electron chi connectivity index (χ3n) is 3.88. The van der Waals surface area contributed by atoms with E-state index in [0.717, 1.165) is 0 Å². The highest BCUT2D eigenvalue weighted by Crippen LogP contribution is 2.27. The fourth-order valence-electron chi connectivity index (χ4n) is 2.50. The van der Waals surface area contributed by atoms with Gasteiger partial charge in [-0.3, -0.25) is 14.9 Å². The first-order valence-corrected chi connectivity index (χ1v) is 10.3. The van der Waals surface area contributed by atoms with Crippen LogP contribution in [-0.2, 0) is 17.8 Å². The van der Waals surface area contributed by atoms with Crippen molar-refractivity contribution in [3.05, 3.63) is 63.3 Å². The van der Waals surface area contributed by atoms with E-state index >= 15 is 0 Å². The third-order valence-corrected chi connectivity index (χ3v) is 5.56. The lowest BCUT2D eigenvalue weighted by Crippen LogP contribution is -2.28. The van der Waals surface area contributed by atoms with E-state index in [9.17, 15) is 22.8 Å². The molecule has 1 N–H and O–H groups in total. The average molecular weight is 455 g/mol. The van der Waals surface area contributed by atoms with Gasteiger partial charge in [-0.15, -0.1) is 35.8 Å². The maximum absolute atomic E-state index is 12.5. The van der Waals surface area contributed by atoms with E-state index in [1.807, 2.05) is 0 Å². The monoisotopic (exact) mass is 455 g/mol. The van der Waals surface area contributed by atoms with Crippen molar-refractivity contribution in [2.75, 3.05) is 12.4 Å². The predicted octanol–water partition coefficient (Wildman–Crippen LogP) is 4.56. The Morgan fingerprint density at radius 1 is 1.17 bits per heavy atom. The van der Waals surface area contributed by atoms with E-state index in [1.165, 1.54) is 52.8 Å². The Morgan fingerprint density at radius 3 is 2.63 bits per heavy atom. The summed E-state index contributed by atoms with van der Waals surface area (Å²) in [5.74, 6) is -0.967. The predicted molar refractivity (Wildman–Crippen MR) is 108 cm³/mol. The zero-order valence-electron chi connectivity index (χ0n) is 15.6. The smallest absolute Gasteiger partial charge is 0.405 e. The second-order valence-corrected chi connectivity index (χ2v) is 7.96. The van der Waals surface area contributed by atoms with Crippen molar-refractivity contribution >= 4 is 39.6 Å². The second-order valence-electron chi connectivity index (χ2n) is 6.16. The number of carbonyl (C=O) groups is 2. The number of likely N-dealkylation sites (N-methyl/N-ethyl adjacent to an activating group) is 1. The van der Waals surface area contributed by atoms with E-state index in [0.29, 0.717) is 15.7 Å². The van der Waals surface area contributed by atoms with Gasteiger partial charge in [-0.2, -0.15) is 0 Å². The zero-order chi connectivity index (χ0) is 21.7. The van der Waals surface area contributed by atoms with Crippen LogP contribution >= 0.6 is 22.7 Å². The van der Waals surface area contributed by atoms with Gasteiger partial charge in [0.25, 0.3) is 5.91 Å². The first kappa shape index (κ1) is 21.8. The maximum Gasteiger partial charge on any atom is 0.573 e. The molecule has 0 aliphatic heterocycles. The van der Waals surface area contributed by atoms with Gasteiger partial charge in [0.15, 0.2) is 5.13 Å². The van der Waals surface area contributed by atoms with Crippen molar-refractivity contribution in [1.29, 1.82) is 0 Å². The van der Waals surface area contributed by atoms with Crippen molar-refractivity contribution in [3.63, 3.8) is 0 Å². The minimum Gasteiger partial charge on any atom is -0.405 e. The van der Waals surface area contributed by atoms with Crippen molar-refractivity contribution in [1.82, 2.24) is 9.88 Å². The molecule has 0 aliphatic rings. The molecule has 6 nitrogen and oxygen atoms in total. The Labute approximate surface area is 177 Å². The standard InChI is InChI=1S/C19H16F3N3O3S2/c1-25(10-12-5-2-3-6-14(12)28-19(20,21)22)16(26)9-13-11-30-18(23-13)24-17(27)15-7-4-8-29-15/h2-8,11H,9-10H2,1H3,(H,23,24,27). The highest BCUT2D eigenvalue weighted by Gasteiger charge is 2.32. The first-order chi connectivity index (χ1) is 14.2. The van der Waals surface area contributed by atoms with Gasteiger partial charge in [-0.1, -0.05) is 24.3 Å². The van der Waals surface area contributed by atoms with Crippen LogP contribution in [0.4, 0.5) is 18.3 Å². The molecule has 0 unspecified atom stereocenters. The number of thiazole rings is 1. The third kappa shape index (κ3) is 6.04. The summed E-state index contributed by atoms with van der Waals surface area (Å²) in [4.78, 5) is 30.6. The minimum atomic E-state index is -4.82. The highest BCUT2D eigenvalue weighted by atomic mass is 32.1. The van der Waals surface area contributed by atoms with Crippen LogP contribution in [0.25, 0.3) is 0 Å². The lowest BCUT2D eigenvalue weighted by molar-refractivity contribution is -0.275. The molecule has 11 heteroatoms. The highest BCUT2D eigenvalue weighted by molar-refractivity contribution is 7.14. The van der Waals surface area contributed by atoms with E-state index in [-0.39, 0.29) is 36.1 Å². The number of para-hydroxylation sites is 1. The van der Waals surface area contributed by atoms with Gasteiger partial charge in [-0.25, -0.2) is 4.98 Å². The summed E-state index contributed by atoms with van der Waals surface area (Å²) in [6.07, 6.45) is -4.87. The number of alkyl halides is 3. The van der Waals surface area contributed by atoms with Crippen LogP contribution in [-0.4, -0.2) is 35.1 Å². The number of ether oxygens (including phenoxy) is 1. The van der Waals surface area contributed by atoms with Gasteiger partial charge in [0.1, 0.15) is 5.75 Å². The van der Waals surface area contributed by atoms with Crippen LogP contribution in [0, 0.1) is 0 Å². The molecule has 0 atom stereocenters. The van der Waals surface area contributed by atoms with Crippen molar-refractivity contribution in [2.24, 2.45) is 0 Å². The average Bonchev–Trinajstić information content (AvgIpc) is 3.34. The molecule has 0 aliphatic carbocycles. The number of aromatic nitrogens is 1. The molecule has 158 valence electrons. The molecule has 3 rings (SSSR count). The SMILES string of the molecule is CN(Cc1ccccc1OC(F)(F)F)C(=O)Cc1csc(NC(=O)c2cccs2)n1. The van der Waals surface area contributed by atoms with Crippen LogP contribution in [0.2, 0.25) is 0 Å². The van der Waals surface area contributed by atoms with Crippen LogP contribution in [0.15, 0.2) is 47.2 Å². The maximum atomic E-state index is 12.5. The molecule has 0 saturated heterocycles. The number of rotatable bonds is 7. The number of nitrogens with one attached hydrogen (secondary N) is 1. The fraction of sp³-hybridized carbons (Fsp3) is 0.211. The summed E-state index contributed by atoms with van der Waals surface area (Å²) >= 11 is 2.49. The topological polar surface area (TPSA) is 71.5 Å². The minimum absolute atomic E-state index is 0.0514. The largest absolute Gasteiger partial charge is 0.573 e. The van der Waals surface area contributed by atoms with Crippen LogP contribution in [0.3, 0.4) is 0 Å². The molecule has 2 amide bonds. The number of nitrogens with zero attached hydrogens (tertiary/aromatic N) is 2. The van der Waals surface area contributed by atoms with Crippen LogP contribution in [0.5, 0.6) is 5.75 Å². The molecule has 0 fully saturated rings. The van der Waals surface area contributed by atoms with Gasteiger partial charge < -0.3 is 9.64 Å². The number of thiophene rings is 1. The summed E-state index contributed by atoms with van der Waals surface area (Å²) < 4.78 is 41.7. The van der Waals surface area contributed by atoms with Gasteiger partial charge in [0.05, 0.1) is 17.0 Å². The van der Waals surface area contributed by atoms with Crippen LogP contribution in [0.1, 0.15) is 20.9 Å². The number of hydrogen-bond acceptors (Lipinski definition) is 6. The molecule has 0 spiro atoms. The van der Waals surface area contributed by atoms with Crippen molar-refractivity contribution in [2.45, 2.75) is 19.3 Å². The number of amides is 2. The first-order valence-electron chi connectivity index (χ1n) is 8.58. The molecular formula is C19H16F3N3O3S2. The fourth-order valence-corrected chi connectivity index (χ4v) is 3.83. The Bertz CT molecular complexity index is 1020.